The van der Waals surface area contributed by atoms with Crippen molar-refractivity contribution in [1.82, 2.24) is 24.9 Å². The van der Waals surface area contributed by atoms with Gasteiger partial charge in [-0.2, -0.15) is 10.2 Å². The van der Waals surface area contributed by atoms with Gasteiger partial charge in [0.25, 0.3) is 0 Å². The molecule has 0 fully saturated rings. The summed E-state index contributed by atoms with van der Waals surface area (Å²) >= 11 is 0. The molecular formula is C13H19N5. The van der Waals surface area contributed by atoms with Gasteiger partial charge in [0, 0.05) is 37.0 Å². The van der Waals surface area contributed by atoms with E-state index in [9.17, 15) is 0 Å². The number of nitrogens with zero attached hydrogens (tertiary/aromatic N) is 4. The summed E-state index contributed by atoms with van der Waals surface area (Å²) in [6.07, 6.45) is 2.98. The van der Waals surface area contributed by atoms with Crippen LogP contribution in [0, 0.1) is 6.92 Å². The second kappa shape index (κ2) is 3.95. The molecule has 3 rings (SSSR count). The number of rotatable bonds is 1. The molecule has 0 saturated carbocycles. The normalized spacial score (nSPS) is 19.0. The third-order valence-corrected chi connectivity index (χ3v) is 3.90. The molecule has 0 spiro atoms. The van der Waals surface area contributed by atoms with E-state index in [1.807, 2.05) is 29.7 Å². The molecule has 0 saturated heterocycles. The summed E-state index contributed by atoms with van der Waals surface area (Å²) in [7, 11) is 4.00. The van der Waals surface area contributed by atoms with Gasteiger partial charge in [0.15, 0.2) is 0 Å². The Labute approximate surface area is 107 Å². The number of hydrogen-bond acceptors (Lipinski definition) is 3. The molecule has 5 nitrogen and oxygen atoms in total. The SMILES string of the molecule is Cc1c(-c2c3c(nn2C)[C@H](C)NCC3)cnn1C. The van der Waals surface area contributed by atoms with Crippen molar-refractivity contribution in [1.29, 1.82) is 0 Å². The van der Waals surface area contributed by atoms with Crippen molar-refractivity contribution in [2.75, 3.05) is 6.54 Å². The first-order valence-corrected chi connectivity index (χ1v) is 6.37. The molecule has 0 amide bonds. The molecule has 0 unspecified atom stereocenters. The Morgan fingerprint density at radius 2 is 2.11 bits per heavy atom. The van der Waals surface area contributed by atoms with Crippen LogP contribution in [0.2, 0.25) is 0 Å². The van der Waals surface area contributed by atoms with Crippen molar-refractivity contribution in [2.24, 2.45) is 14.1 Å². The Morgan fingerprint density at radius 3 is 2.78 bits per heavy atom. The molecule has 1 aliphatic heterocycles. The van der Waals surface area contributed by atoms with E-state index in [4.69, 9.17) is 0 Å². The number of nitrogens with one attached hydrogen (secondary N) is 1. The predicted molar refractivity (Wildman–Crippen MR) is 70.3 cm³/mol. The largest absolute Gasteiger partial charge is 0.308 e. The van der Waals surface area contributed by atoms with E-state index in [1.165, 1.54) is 28.2 Å². The van der Waals surface area contributed by atoms with Crippen LogP contribution in [-0.2, 0) is 20.5 Å². The van der Waals surface area contributed by atoms with E-state index in [2.05, 4.69) is 29.4 Å². The van der Waals surface area contributed by atoms with Crippen molar-refractivity contribution < 1.29 is 0 Å². The molecule has 2 aromatic rings. The minimum atomic E-state index is 0.339. The molecule has 18 heavy (non-hydrogen) atoms. The minimum absolute atomic E-state index is 0.339. The highest BCUT2D eigenvalue weighted by Crippen LogP contribution is 2.32. The highest BCUT2D eigenvalue weighted by molar-refractivity contribution is 5.67. The maximum atomic E-state index is 4.68. The zero-order chi connectivity index (χ0) is 12.9. The van der Waals surface area contributed by atoms with Crippen LogP contribution < -0.4 is 5.32 Å². The Hall–Kier alpha value is -1.62. The Morgan fingerprint density at radius 1 is 1.33 bits per heavy atom. The molecule has 0 bridgehead atoms. The number of aryl methyl sites for hydroxylation is 2. The molecule has 1 atom stereocenters. The summed E-state index contributed by atoms with van der Waals surface area (Å²) in [5.74, 6) is 0. The molecule has 1 aliphatic rings. The fourth-order valence-corrected chi connectivity index (χ4v) is 2.76. The summed E-state index contributed by atoms with van der Waals surface area (Å²) in [6.45, 7) is 5.29. The number of aromatic nitrogens is 4. The van der Waals surface area contributed by atoms with E-state index in [0.29, 0.717) is 6.04 Å². The van der Waals surface area contributed by atoms with E-state index in [-0.39, 0.29) is 0 Å². The van der Waals surface area contributed by atoms with Crippen LogP contribution >= 0.6 is 0 Å². The first kappa shape index (κ1) is 11.5. The first-order chi connectivity index (χ1) is 8.59. The van der Waals surface area contributed by atoms with E-state index >= 15 is 0 Å². The van der Waals surface area contributed by atoms with Crippen molar-refractivity contribution in [3.05, 3.63) is 23.1 Å². The third kappa shape index (κ3) is 1.50. The second-order valence-corrected chi connectivity index (χ2v) is 5.03. The summed E-state index contributed by atoms with van der Waals surface area (Å²) in [5.41, 5.74) is 6.17. The maximum Gasteiger partial charge on any atom is 0.0830 e. The molecule has 96 valence electrons. The van der Waals surface area contributed by atoms with Gasteiger partial charge < -0.3 is 5.32 Å². The summed E-state index contributed by atoms with van der Waals surface area (Å²) in [6, 6.07) is 0.339. The number of fused-ring (bicyclic) bond motifs is 1. The first-order valence-electron chi connectivity index (χ1n) is 6.37. The summed E-state index contributed by atoms with van der Waals surface area (Å²) < 4.78 is 3.91. The summed E-state index contributed by atoms with van der Waals surface area (Å²) in [4.78, 5) is 0. The lowest BCUT2D eigenvalue weighted by Gasteiger charge is -2.19. The topological polar surface area (TPSA) is 47.7 Å². The quantitative estimate of drug-likeness (QED) is 0.824. The number of hydrogen-bond donors (Lipinski definition) is 1. The van der Waals surface area contributed by atoms with Crippen LogP contribution in [0.1, 0.15) is 29.9 Å². The van der Waals surface area contributed by atoms with Crippen LogP contribution in [0.4, 0.5) is 0 Å². The van der Waals surface area contributed by atoms with E-state index in [1.54, 1.807) is 0 Å². The lowest BCUT2D eigenvalue weighted by atomic mass is 9.98. The highest BCUT2D eigenvalue weighted by atomic mass is 15.3. The van der Waals surface area contributed by atoms with Gasteiger partial charge in [0.2, 0.25) is 0 Å². The van der Waals surface area contributed by atoms with Crippen molar-refractivity contribution >= 4 is 0 Å². The Balaban J connectivity index is 2.21. The average Bonchev–Trinajstić information content (AvgIpc) is 2.83. The van der Waals surface area contributed by atoms with Gasteiger partial charge >= 0.3 is 0 Å². The van der Waals surface area contributed by atoms with Crippen molar-refractivity contribution in [3.63, 3.8) is 0 Å². The zero-order valence-electron chi connectivity index (χ0n) is 11.4. The summed E-state index contributed by atoms with van der Waals surface area (Å²) in [5, 5.41) is 12.5. The van der Waals surface area contributed by atoms with Crippen LogP contribution in [0.15, 0.2) is 6.20 Å². The van der Waals surface area contributed by atoms with Crippen LogP contribution in [-0.4, -0.2) is 26.1 Å². The van der Waals surface area contributed by atoms with Gasteiger partial charge in [-0.15, -0.1) is 0 Å². The zero-order valence-corrected chi connectivity index (χ0v) is 11.4. The monoisotopic (exact) mass is 245 g/mol. The predicted octanol–water partition coefficient (Wildman–Crippen LogP) is 1.34. The van der Waals surface area contributed by atoms with Gasteiger partial charge in [-0.3, -0.25) is 9.36 Å². The van der Waals surface area contributed by atoms with Crippen LogP contribution in [0.5, 0.6) is 0 Å². The lowest BCUT2D eigenvalue weighted by Crippen LogP contribution is -2.27. The molecule has 0 aromatic carbocycles. The molecule has 1 N–H and O–H groups in total. The fraction of sp³-hybridized carbons (Fsp3) is 0.538. The van der Waals surface area contributed by atoms with E-state index < -0.39 is 0 Å². The smallest absolute Gasteiger partial charge is 0.0830 e. The van der Waals surface area contributed by atoms with Crippen LogP contribution in [0.3, 0.4) is 0 Å². The van der Waals surface area contributed by atoms with Crippen molar-refractivity contribution in [3.8, 4) is 11.3 Å². The van der Waals surface area contributed by atoms with Crippen molar-refractivity contribution in [2.45, 2.75) is 26.3 Å². The molecular weight excluding hydrogens is 226 g/mol. The molecule has 0 radical (unpaired) electrons. The van der Waals surface area contributed by atoms with Gasteiger partial charge in [-0.1, -0.05) is 0 Å². The molecule has 3 heterocycles. The molecule has 2 aromatic heterocycles. The standard InChI is InChI=1S/C13H19N5/c1-8-12-10(5-6-14-8)13(18(4)16-12)11-7-15-17(3)9(11)2/h7-8,14H,5-6H2,1-4H3/t8-/m0/s1. The molecule has 0 aliphatic carbocycles. The second-order valence-electron chi connectivity index (χ2n) is 5.03. The molecule has 5 heteroatoms. The third-order valence-electron chi connectivity index (χ3n) is 3.90. The maximum absolute atomic E-state index is 4.68. The fourth-order valence-electron chi connectivity index (χ4n) is 2.76. The average molecular weight is 245 g/mol. The Kier molecular flexibility index (Phi) is 2.52. The van der Waals surface area contributed by atoms with Gasteiger partial charge in [-0.25, -0.2) is 0 Å². The minimum Gasteiger partial charge on any atom is -0.308 e. The van der Waals surface area contributed by atoms with Gasteiger partial charge in [-0.05, 0) is 26.8 Å². The highest BCUT2D eigenvalue weighted by Gasteiger charge is 2.26. The Bertz CT molecular complexity index is 593. The van der Waals surface area contributed by atoms with Gasteiger partial charge in [0.1, 0.15) is 0 Å². The van der Waals surface area contributed by atoms with E-state index in [0.717, 1.165) is 13.0 Å². The lowest BCUT2D eigenvalue weighted by molar-refractivity contribution is 0.525. The van der Waals surface area contributed by atoms with Crippen LogP contribution in [0.25, 0.3) is 11.3 Å². The van der Waals surface area contributed by atoms with Gasteiger partial charge in [0.05, 0.1) is 17.6 Å².